The van der Waals surface area contributed by atoms with Crippen LogP contribution in [-0.2, 0) is 6.54 Å². The predicted octanol–water partition coefficient (Wildman–Crippen LogP) is 3.74. The second kappa shape index (κ2) is 6.53. The van der Waals surface area contributed by atoms with E-state index in [-0.39, 0.29) is 20.8 Å². The van der Waals surface area contributed by atoms with Gasteiger partial charge in [-0.25, -0.2) is 18.6 Å². The van der Waals surface area contributed by atoms with Gasteiger partial charge in [0.15, 0.2) is 6.61 Å². The summed E-state index contributed by atoms with van der Waals surface area (Å²) < 4.78 is 30.5. The van der Waals surface area contributed by atoms with Crippen molar-refractivity contribution in [3.8, 4) is 5.88 Å². The fraction of sp³-hybridized carbons (Fsp3) is 0.647. The normalized spacial score (nSPS) is 19.3. The zero-order valence-corrected chi connectivity index (χ0v) is 13.8. The average molecular weight is 343 g/mol. The molecule has 2 aliphatic rings. The Balaban J connectivity index is 0.00000169. The molecule has 136 valence electrons. The van der Waals surface area contributed by atoms with E-state index in [1.165, 1.54) is 25.5 Å². The predicted molar refractivity (Wildman–Crippen MR) is 89.3 cm³/mol. The molecule has 2 fully saturated rings. The van der Waals surface area contributed by atoms with Crippen LogP contribution in [0.5, 0.6) is 5.88 Å². The Morgan fingerprint density at radius 1 is 1.50 bits per heavy atom. The van der Waals surface area contributed by atoms with E-state index in [2.05, 4.69) is 15.6 Å². The van der Waals surface area contributed by atoms with Crippen molar-refractivity contribution in [1.29, 1.82) is 0 Å². The minimum absolute atomic E-state index is 0. The molecule has 1 spiro atoms. The van der Waals surface area contributed by atoms with Gasteiger partial charge in [0, 0.05) is 34.6 Å². The van der Waals surface area contributed by atoms with E-state index in [4.69, 9.17) is 4.74 Å². The molecular weight excluding hydrogens is 316 g/mol. The van der Waals surface area contributed by atoms with Crippen molar-refractivity contribution in [2.24, 2.45) is 5.41 Å². The van der Waals surface area contributed by atoms with Gasteiger partial charge in [0.2, 0.25) is 5.88 Å². The van der Waals surface area contributed by atoms with Crippen molar-refractivity contribution in [3.63, 3.8) is 0 Å². The maximum atomic E-state index is 12.8. The first kappa shape index (κ1) is 16.9. The Morgan fingerprint density at radius 3 is 2.88 bits per heavy atom. The van der Waals surface area contributed by atoms with Gasteiger partial charge in [-0.2, -0.15) is 0 Å². The second-order valence-corrected chi connectivity index (χ2v) is 7.15. The number of rotatable bonds is 6. The highest BCUT2D eigenvalue weighted by Gasteiger charge is 2.48. The maximum Gasteiger partial charge on any atom is 0.315 e. The largest absolute Gasteiger partial charge is 0.471 e. The third kappa shape index (κ3) is 4.33. The number of nitrogens with one attached hydrogen (secondary N) is 2. The number of hydrogen-bond donors (Lipinski definition) is 2. The van der Waals surface area contributed by atoms with Crippen molar-refractivity contribution < 1.29 is 21.2 Å². The molecular formula is C17H27F2N3O2. The molecule has 0 aliphatic heterocycles. The molecule has 2 amide bonds. The first-order chi connectivity index (χ1) is 11.3. The van der Waals surface area contributed by atoms with Gasteiger partial charge in [-0.15, -0.1) is 0 Å². The van der Waals surface area contributed by atoms with Gasteiger partial charge in [0.05, 0.1) is 0 Å². The smallest absolute Gasteiger partial charge is 0.315 e. The van der Waals surface area contributed by atoms with Crippen LogP contribution in [0.25, 0.3) is 0 Å². The Labute approximate surface area is 143 Å². The molecule has 24 heavy (non-hydrogen) atoms. The van der Waals surface area contributed by atoms with Crippen LogP contribution < -0.4 is 15.4 Å². The Kier molecular flexibility index (Phi) is 4.60. The highest BCUT2D eigenvalue weighted by Crippen LogP contribution is 2.55. The molecule has 0 saturated heterocycles. The van der Waals surface area contributed by atoms with Crippen molar-refractivity contribution >= 4 is 6.03 Å². The van der Waals surface area contributed by atoms with Gasteiger partial charge in [-0.3, -0.25) is 0 Å². The topological polar surface area (TPSA) is 63.2 Å². The van der Waals surface area contributed by atoms with Gasteiger partial charge in [0.25, 0.3) is 5.92 Å². The Bertz CT molecular complexity index is 602. The molecule has 1 heterocycles. The number of carbonyl (C=O) groups is 1. The van der Waals surface area contributed by atoms with Gasteiger partial charge in [-0.1, -0.05) is 6.42 Å². The highest BCUT2D eigenvalue weighted by atomic mass is 19.3. The molecule has 5 nitrogen and oxygen atoms in total. The molecule has 3 rings (SSSR count). The lowest BCUT2D eigenvalue weighted by Gasteiger charge is -2.54. The number of pyridine rings is 1. The fourth-order valence-corrected chi connectivity index (χ4v) is 3.43. The average Bonchev–Trinajstić information content (AvgIpc) is 2.44. The van der Waals surface area contributed by atoms with Crippen molar-refractivity contribution in [2.75, 3.05) is 6.61 Å². The van der Waals surface area contributed by atoms with E-state index in [9.17, 15) is 13.6 Å². The number of ether oxygens (including phenoxy) is 1. The van der Waals surface area contributed by atoms with Crippen LogP contribution in [0.1, 0.15) is 47.4 Å². The molecule has 0 atom stereocenters. The monoisotopic (exact) mass is 343 g/mol. The molecule has 1 aromatic rings. The molecule has 2 aliphatic carbocycles. The standard InChI is InChI=1S/C17H23F2N3O2.2H2/c1-16(18,19)11-24-14-7-12(3-6-20-14)10-21-15(23)22-13-8-17(9-13)4-2-5-17;;/h3,6-7,13H,2,4-5,8-11H2,1H3,(H2,21,22,23);2*1H. The highest BCUT2D eigenvalue weighted by molar-refractivity contribution is 5.74. The molecule has 0 aromatic carbocycles. The SMILES string of the molecule is CC(F)(F)COc1cc(CNC(=O)NC2CC3(CCC3)C2)ccn1.[HH].[HH]. The minimum Gasteiger partial charge on any atom is -0.471 e. The summed E-state index contributed by atoms with van der Waals surface area (Å²) >= 11 is 0. The summed E-state index contributed by atoms with van der Waals surface area (Å²) in [6.07, 6.45) is 7.55. The number of alkyl halides is 2. The second-order valence-electron chi connectivity index (χ2n) is 7.15. The van der Waals surface area contributed by atoms with Gasteiger partial charge < -0.3 is 15.4 Å². The number of carbonyl (C=O) groups excluding carboxylic acids is 1. The third-order valence-electron chi connectivity index (χ3n) is 4.83. The van der Waals surface area contributed by atoms with Crippen molar-refractivity contribution in [2.45, 2.75) is 57.5 Å². The number of aromatic nitrogens is 1. The first-order valence-corrected chi connectivity index (χ1v) is 8.34. The van der Waals surface area contributed by atoms with Crippen LogP contribution in [0, 0.1) is 5.41 Å². The summed E-state index contributed by atoms with van der Waals surface area (Å²) in [6.45, 7) is 0.364. The third-order valence-corrected chi connectivity index (χ3v) is 4.83. The number of urea groups is 1. The van der Waals surface area contributed by atoms with E-state index >= 15 is 0 Å². The first-order valence-electron chi connectivity index (χ1n) is 8.34. The van der Waals surface area contributed by atoms with E-state index in [0.29, 0.717) is 12.0 Å². The van der Waals surface area contributed by atoms with Gasteiger partial charge in [-0.05, 0) is 42.7 Å². The summed E-state index contributed by atoms with van der Waals surface area (Å²) in [5, 5.41) is 5.75. The van der Waals surface area contributed by atoms with E-state index in [0.717, 1.165) is 25.3 Å². The lowest BCUT2D eigenvalue weighted by Crippen LogP contribution is -2.55. The van der Waals surface area contributed by atoms with E-state index in [1.807, 2.05) is 0 Å². The fourth-order valence-electron chi connectivity index (χ4n) is 3.43. The minimum atomic E-state index is -2.91. The quantitative estimate of drug-likeness (QED) is 0.827. The molecule has 0 unspecified atom stereocenters. The Morgan fingerprint density at radius 2 is 2.25 bits per heavy atom. The number of halogens is 2. The molecule has 0 bridgehead atoms. The summed E-state index contributed by atoms with van der Waals surface area (Å²) in [5.41, 5.74) is 1.27. The van der Waals surface area contributed by atoms with Crippen molar-refractivity contribution in [3.05, 3.63) is 23.9 Å². The van der Waals surface area contributed by atoms with Crippen LogP contribution in [-0.4, -0.2) is 29.6 Å². The zero-order chi connectivity index (χ0) is 17.2. The lowest BCUT2D eigenvalue weighted by molar-refractivity contribution is -0.0242. The van der Waals surface area contributed by atoms with Crippen LogP contribution >= 0.6 is 0 Å². The maximum absolute atomic E-state index is 12.8. The number of amides is 2. The van der Waals surface area contributed by atoms with Crippen LogP contribution in [0.3, 0.4) is 0 Å². The molecule has 1 aromatic heterocycles. The lowest BCUT2D eigenvalue weighted by atomic mass is 9.54. The summed E-state index contributed by atoms with van der Waals surface area (Å²) in [5.74, 6) is -2.78. The summed E-state index contributed by atoms with van der Waals surface area (Å²) in [6, 6.07) is 3.34. The zero-order valence-electron chi connectivity index (χ0n) is 13.8. The summed E-state index contributed by atoms with van der Waals surface area (Å²) in [7, 11) is 0. The Hall–Kier alpha value is -1.92. The molecule has 2 N–H and O–H groups in total. The van der Waals surface area contributed by atoms with Crippen molar-refractivity contribution in [1.82, 2.24) is 15.6 Å². The number of nitrogens with zero attached hydrogens (tertiary/aromatic N) is 1. The molecule has 7 heteroatoms. The van der Waals surface area contributed by atoms with Crippen LogP contribution in [0.4, 0.5) is 13.6 Å². The summed E-state index contributed by atoms with van der Waals surface area (Å²) in [4.78, 5) is 15.8. The van der Waals surface area contributed by atoms with Crippen LogP contribution in [0.2, 0.25) is 0 Å². The molecule has 0 radical (unpaired) electrons. The molecule has 2 saturated carbocycles. The van der Waals surface area contributed by atoms with Gasteiger partial charge in [0.1, 0.15) is 0 Å². The van der Waals surface area contributed by atoms with Gasteiger partial charge >= 0.3 is 6.03 Å². The van der Waals surface area contributed by atoms with Crippen LogP contribution in [0.15, 0.2) is 18.3 Å². The number of hydrogen-bond acceptors (Lipinski definition) is 3. The van der Waals surface area contributed by atoms with E-state index < -0.39 is 12.5 Å². The van der Waals surface area contributed by atoms with E-state index in [1.54, 1.807) is 12.1 Å².